The van der Waals surface area contributed by atoms with E-state index in [1.807, 2.05) is 16.7 Å². The number of carboxylic acid groups (broad SMARTS) is 1. The van der Waals surface area contributed by atoms with E-state index in [0.29, 0.717) is 15.9 Å². The van der Waals surface area contributed by atoms with Crippen molar-refractivity contribution in [3.63, 3.8) is 0 Å². The number of imidazole rings is 1. The molecular weight excluding hydrogens is 316 g/mol. The van der Waals surface area contributed by atoms with Crippen molar-refractivity contribution >= 4 is 35.0 Å². The molecule has 8 nitrogen and oxygen atoms in total. The van der Waals surface area contributed by atoms with Gasteiger partial charge in [0.1, 0.15) is 12.2 Å². The highest BCUT2D eigenvalue weighted by Gasteiger charge is 2.11. The van der Waals surface area contributed by atoms with Gasteiger partial charge in [0.25, 0.3) is 0 Å². The number of hydrogen-bond donors (Lipinski definition) is 1. The number of aliphatic carboxylic acids is 1. The quantitative estimate of drug-likeness (QED) is 0.707. The number of hydrogen-bond acceptors (Lipinski definition) is 6. The molecule has 10 heteroatoms. The number of carboxylic acids is 1. The Balaban J connectivity index is 1.74. The SMILES string of the molecule is O=C(O)Cn1nnnc1SCc1cn2cc(Cl)ccc2n1. The number of tetrazole rings is 1. The average Bonchev–Trinajstić information content (AvgIpc) is 3.01. The van der Waals surface area contributed by atoms with E-state index in [9.17, 15) is 4.79 Å². The van der Waals surface area contributed by atoms with E-state index >= 15 is 0 Å². The molecule has 3 heterocycles. The van der Waals surface area contributed by atoms with Crippen molar-refractivity contribution in [1.82, 2.24) is 29.6 Å². The molecule has 0 saturated heterocycles. The van der Waals surface area contributed by atoms with Crippen LogP contribution in [0, 0.1) is 0 Å². The second-order valence-corrected chi connectivity index (χ2v) is 5.53. The lowest BCUT2D eigenvalue weighted by atomic mass is 10.5. The van der Waals surface area contributed by atoms with Crippen molar-refractivity contribution in [2.75, 3.05) is 0 Å². The van der Waals surface area contributed by atoms with Gasteiger partial charge in [-0.15, -0.1) is 5.10 Å². The summed E-state index contributed by atoms with van der Waals surface area (Å²) in [6.45, 7) is -0.268. The van der Waals surface area contributed by atoms with Crippen LogP contribution < -0.4 is 0 Å². The van der Waals surface area contributed by atoms with Crippen LogP contribution in [0.5, 0.6) is 0 Å². The van der Waals surface area contributed by atoms with Gasteiger partial charge >= 0.3 is 5.97 Å². The van der Waals surface area contributed by atoms with E-state index in [1.54, 1.807) is 12.3 Å². The van der Waals surface area contributed by atoms with E-state index in [2.05, 4.69) is 20.5 Å². The van der Waals surface area contributed by atoms with Crippen LogP contribution in [-0.2, 0) is 17.1 Å². The molecule has 0 aromatic carbocycles. The third-order valence-corrected chi connectivity index (χ3v) is 3.81. The molecule has 0 spiro atoms. The monoisotopic (exact) mass is 324 g/mol. The van der Waals surface area contributed by atoms with Crippen molar-refractivity contribution in [3.8, 4) is 0 Å². The first-order valence-electron chi connectivity index (χ1n) is 5.86. The lowest BCUT2D eigenvalue weighted by Gasteiger charge is -1.99. The molecule has 108 valence electrons. The second-order valence-electron chi connectivity index (χ2n) is 4.15. The first-order chi connectivity index (χ1) is 10.1. The van der Waals surface area contributed by atoms with Gasteiger partial charge in [0, 0.05) is 18.1 Å². The maximum atomic E-state index is 10.7. The summed E-state index contributed by atoms with van der Waals surface area (Å²) in [5.74, 6) is -0.467. The maximum absolute atomic E-state index is 10.7. The largest absolute Gasteiger partial charge is 0.480 e. The van der Waals surface area contributed by atoms with Gasteiger partial charge in [0.2, 0.25) is 5.16 Å². The summed E-state index contributed by atoms with van der Waals surface area (Å²) in [4.78, 5) is 15.1. The molecule has 1 N–H and O–H groups in total. The summed E-state index contributed by atoms with van der Waals surface area (Å²) in [5, 5.41) is 20.7. The van der Waals surface area contributed by atoms with Crippen molar-refractivity contribution in [1.29, 1.82) is 0 Å². The molecule has 0 unspecified atom stereocenters. The number of rotatable bonds is 5. The predicted molar refractivity (Wildman–Crippen MR) is 75.2 cm³/mol. The summed E-state index contributed by atoms with van der Waals surface area (Å²) in [7, 11) is 0. The molecule has 21 heavy (non-hydrogen) atoms. The lowest BCUT2D eigenvalue weighted by molar-refractivity contribution is -0.138. The predicted octanol–water partition coefficient (Wildman–Crippen LogP) is 1.35. The second kappa shape index (κ2) is 5.70. The lowest BCUT2D eigenvalue weighted by Crippen LogP contribution is -2.11. The summed E-state index contributed by atoms with van der Waals surface area (Å²) in [6, 6.07) is 3.60. The van der Waals surface area contributed by atoms with Crippen LogP contribution >= 0.6 is 23.4 Å². The normalized spacial score (nSPS) is 11.1. The number of pyridine rings is 1. The Morgan fingerprint density at radius 1 is 1.38 bits per heavy atom. The molecule has 3 rings (SSSR count). The first kappa shape index (κ1) is 13.8. The molecule has 0 amide bonds. The fourth-order valence-electron chi connectivity index (χ4n) is 1.75. The standard InChI is InChI=1S/C11H9ClN6O2S/c12-7-1-2-9-13-8(4-17(9)3-7)6-21-11-14-15-16-18(11)5-10(19)20/h1-4H,5-6H2,(H,19,20). The smallest absolute Gasteiger partial charge is 0.325 e. The Labute approximate surface area is 127 Å². The molecule has 0 aliphatic carbocycles. The van der Waals surface area contributed by atoms with E-state index in [4.69, 9.17) is 16.7 Å². The summed E-state index contributed by atoms with van der Waals surface area (Å²) < 4.78 is 3.07. The average molecular weight is 325 g/mol. The fraction of sp³-hybridized carbons (Fsp3) is 0.182. The number of carbonyl (C=O) groups is 1. The molecule has 0 atom stereocenters. The zero-order chi connectivity index (χ0) is 14.8. The molecule has 0 aliphatic heterocycles. The Hall–Kier alpha value is -2.13. The summed E-state index contributed by atoms with van der Waals surface area (Å²) in [5.41, 5.74) is 1.62. The highest BCUT2D eigenvalue weighted by atomic mass is 35.5. The number of aromatic nitrogens is 6. The van der Waals surface area contributed by atoms with Crippen LogP contribution in [0.1, 0.15) is 5.69 Å². The fourth-order valence-corrected chi connectivity index (χ4v) is 2.68. The van der Waals surface area contributed by atoms with Gasteiger partial charge in [-0.05, 0) is 22.6 Å². The van der Waals surface area contributed by atoms with Gasteiger partial charge in [-0.1, -0.05) is 23.4 Å². The topological polar surface area (TPSA) is 98.2 Å². The number of fused-ring (bicyclic) bond motifs is 1. The van der Waals surface area contributed by atoms with Crippen LogP contribution in [0.4, 0.5) is 0 Å². The minimum atomic E-state index is -0.994. The van der Waals surface area contributed by atoms with Crippen molar-refractivity contribution in [2.24, 2.45) is 0 Å². The van der Waals surface area contributed by atoms with E-state index < -0.39 is 5.97 Å². The van der Waals surface area contributed by atoms with E-state index in [0.717, 1.165) is 11.3 Å². The van der Waals surface area contributed by atoms with Gasteiger partial charge in [-0.2, -0.15) is 0 Å². The van der Waals surface area contributed by atoms with Crippen LogP contribution in [-0.4, -0.2) is 40.7 Å². The molecule has 0 saturated carbocycles. The van der Waals surface area contributed by atoms with Crippen molar-refractivity contribution in [2.45, 2.75) is 17.5 Å². The van der Waals surface area contributed by atoms with E-state index in [1.165, 1.54) is 16.4 Å². The highest BCUT2D eigenvalue weighted by molar-refractivity contribution is 7.98. The zero-order valence-electron chi connectivity index (χ0n) is 10.5. The number of halogens is 1. The third kappa shape index (κ3) is 3.14. The molecule has 3 aromatic rings. The van der Waals surface area contributed by atoms with Gasteiger partial charge in [-0.25, -0.2) is 9.67 Å². The number of nitrogens with zero attached hydrogens (tertiary/aromatic N) is 6. The van der Waals surface area contributed by atoms with Crippen LogP contribution in [0.15, 0.2) is 29.7 Å². The van der Waals surface area contributed by atoms with Crippen LogP contribution in [0.3, 0.4) is 0 Å². The minimum Gasteiger partial charge on any atom is -0.480 e. The Bertz CT molecular complexity index is 801. The molecule has 0 fully saturated rings. The summed E-state index contributed by atoms with van der Waals surface area (Å²) in [6.07, 6.45) is 3.63. The molecule has 3 aromatic heterocycles. The van der Waals surface area contributed by atoms with Crippen molar-refractivity contribution in [3.05, 3.63) is 35.2 Å². The first-order valence-corrected chi connectivity index (χ1v) is 7.22. The minimum absolute atomic E-state index is 0.268. The third-order valence-electron chi connectivity index (χ3n) is 2.60. The number of thioether (sulfide) groups is 1. The highest BCUT2D eigenvalue weighted by Crippen LogP contribution is 2.20. The van der Waals surface area contributed by atoms with Gasteiger partial charge in [-0.3, -0.25) is 4.79 Å². The Morgan fingerprint density at radius 2 is 2.24 bits per heavy atom. The Kier molecular flexibility index (Phi) is 3.76. The van der Waals surface area contributed by atoms with Crippen molar-refractivity contribution < 1.29 is 9.90 Å². The van der Waals surface area contributed by atoms with Gasteiger partial charge < -0.3 is 9.51 Å². The van der Waals surface area contributed by atoms with Gasteiger partial charge in [0.05, 0.1) is 10.7 Å². The molecule has 0 aliphatic rings. The maximum Gasteiger partial charge on any atom is 0.325 e. The van der Waals surface area contributed by atoms with Crippen LogP contribution in [0.25, 0.3) is 5.65 Å². The summed E-state index contributed by atoms with van der Waals surface area (Å²) >= 11 is 7.24. The molecule has 0 radical (unpaired) electrons. The van der Waals surface area contributed by atoms with Gasteiger partial charge in [0.15, 0.2) is 0 Å². The molecule has 0 bridgehead atoms. The zero-order valence-corrected chi connectivity index (χ0v) is 12.1. The van der Waals surface area contributed by atoms with E-state index in [-0.39, 0.29) is 6.54 Å². The molecular formula is C11H9ClN6O2S. The van der Waals surface area contributed by atoms with Crippen LogP contribution in [0.2, 0.25) is 5.02 Å². The Morgan fingerprint density at radius 3 is 3.05 bits per heavy atom.